The van der Waals surface area contributed by atoms with E-state index in [9.17, 15) is 87.9 Å². The van der Waals surface area contributed by atoms with Crippen molar-refractivity contribution < 1.29 is 107 Å². The van der Waals surface area contributed by atoms with Crippen LogP contribution < -0.4 is 63.6 Å². The molecule has 38 heteroatoms. The Balaban J connectivity index is 0.0000246. The van der Waals surface area contributed by atoms with Crippen LogP contribution in [0.25, 0.3) is 10.9 Å². The molecule has 0 radical (unpaired) electrons. The molecule has 588 valence electrons. The summed E-state index contributed by atoms with van der Waals surface area (Å²) in [7, 11) is 0. The number of nitrogens with zero attached hydrogens (tertiary/aromatic N) is 4. The van der Waals surface area contributed by atoms with E-state index in [0.29, 0.717) is 27.6 Å². The molecule has 13 N–H and O–H groups in total. The molecule has 0 bridgehead atoms. The van der Waals surface area contributed by atoms with Gasteiger partial charge in [0.15, 0.2) is 0 Å². The Kier molecular flexibility index (Phi) is 42.8. The predicted molar refractivity (Wildman–Crippen MR) is 386 cm³/mol. The third kappa shape index (κ3) is 36.7. The fourth-order valence-corrected chi connectivity index (χ4v) is 11.5. The van der Waals surface area contributed by atoms with Crippen molar-refractivity contribution in [3.8, 4) is 5.75 Å². The topological polar surface area (TPSA) is 519 Å². The molecule has 36 nitrogen and oxygen atoms in total. The number of carbonyl (C=O) groups is 13. The number of hydrogen-bond donors (Lipinski definition) is 12. The Labute approximate surface area is 647 Å². The number of nitrogens with two attached hydrogens (primary N) is 1. The summed E-state index contributed by atoms with van der Waals surface area (Å²) in [6.45, 7) is 2.31. The molecule has 4 aromatic rings. The zero-order chi connectivity index (χ0) is 78.0. The summed E-state index contributed by atoms with van der Waals surface area (Å²) in [6, 6.07) is 13.1. The zero-order valence-electron chi connectivity index (χ0n) is 60.5. The number of para-hydroxylation sites is 1. The molecule has 1 aromatic heterocycles. The fraction of sp³-hybridized carbons (Fsp3) is 0.529. The molecule has 3 aromatic carbocycles. The van der Waals surface area contributed by atoms with Gasteiger partial charge in [-0.1, -0.05) is 60.7 Å². The van der Waals surface area contributed by atoms with Crippen LogP contribution >= 0.6 is 11.8 Å². The predicted octanol–water partition coefficient (Wildman–Crippen LogP) is -7.68. The molecule has 2 heterocycles. The first-order valence-corrected chi connectivity index (χ1v) is 36.2. The second-order valence-electron chi connectivity index (χ2n) is 25.0. The van der Waals surface area contributed by atoms with Gasteiger partial charge in [-0.25, -0.2) is 0 Å². The Hall–Kier alpha value is -8.99. The minimum absolute atomic E-state index is 0. The molecule has 1 fully saturated rings. The van der Waals surface area contributed by atoms with Gasteiger partial charge in [0, 0.05) is 121 Å². The summed E-state index contributed by atoms with van der Waals surface area (Å²) >= 11 is 1.32. The van der Waals surface area contributed by atoms with Gasteiger partial charge >= 0.3 is 31.8 Å². The number of carboxylic acid groups (broad SMARTS) is 4. The van der Waals surface area contributed by atoms with E-state index in [4.69, 9.17) is 24.7 Å². The van der Waals surface area contributed by atoms with Crippen LogP contribution in [0.5, 0.6) is 5.75 Å². The normalized spacial score (nSPS) is 14.9. The molecule has 1 saturated heterocycles. The van der Waals surface area contributed by atoms with E-state index in [0.717, 1.165) is 0 Å². The minimum atomic E-state index is -1.73. The number of primary amides is 1. The van der Waals surface area contributed by atoms with Crippen LogP contribution in [0.15, 0.2) is 85.1 Å². The van der Waals surface area contributed by atoms with Crippen molar-refractivity contribution >= 4 is 126 Å². The van der Waals surface area contributed by atoms with E-state index >= 15 is 0 Å². The number of aromatic amines is 1. The van der Waals surface area contributed by atoms with Crippen LogP contribution in [0.2, 0.25) is 0 Å². The number of amides is 9. The van der Waals surface area contributed by atoms with Crippen LogP contribution in [-0.2, 0) is 101 Å². The van der Waals surface area contributed by atoms with Crippen molar-refractivity contribution in [3.63, 3.8) is 0 Å². The number of aromatic nitrogens is 1. The summed E-state index contributed by atoms with van der Waals surface area (Å²) in [5.41, 5.74) is 8.01. The maximum absolute atomic E-state index is 14.5. The number of nitrogens with one attached hydrogen (secondary N) is 9. The van der Waals surface area contributed by atoms with Gasteiger partial charge in [-0.2, -0.15) is 11.8 Å². The summed E-state index contributed by atoms with van der Waals surface area (Å²) in [5, 5.41) is 75.3. The SMILES string of the molecule is CSCC[C@H](NC(=O)[C@H](Cc1c[nH]c2ccccc12)NC(=O)CNC(=O)[C@H](Cc1ccc(O)cc1)NC(=O)[C@H](C)NC(=O)CCOCCOCCOCCOCCNC(=O)CN1CCN(CC(=O)[O-])CCN(CC(=O)[O-])CCN(CC(=O)[O-])CC1)C(=O)N[C@@H](CC(=O)O)C(=O)N[C@@H](Cc1ccccc1)C(N)=O.[111In+3]. The molecule has 108 heavy (non-hydrogen) atoms. The summed E-state index contributed by atoms with van der Waals surface area (Å²) < 4.78 is 22.2. The van der Waals surface area contributed by atoms with Crippen molar-refractivity contribution in [2.24, 2.45) is 5.73 Å². The van der Waals surface area contributed by atoms with Crippen LogP contribution in [0.1, 0.15) is 42.9 Å². The van der Waals surface area contributed by atoms with E-state index in [1.165, 1.54) is 47.9 Å². The zero-order valence-corrected chi connectivity index (χ0v) is 64.6. The van der Waals surface area contributed by atoms with Crippen LogP contribution in [0.4, 0.5) is 0 Å². The van der Waals surface area contributed by atoms with Crippen LogP contribution in [0.3, 0.4) is 0 Å². The average molecular weight is 1630 g/mol. The number of aromatic hydroxyl groups is 1. The van der Waals surface area contributed by atoms with E-state index in [2.05, 4.69) is 47.5 Å². The van der Waals surface area contributed by atoms with E-state index in [-0.39, 0.29) is 194 Å². The molecular formula is C70H97InN14O22S. The van der Waals surface area contributed by atoms with Crippen LogP contribution in [0, 0.1) is 0 Å². The molecule has 5 rings (SSSR count). The second-order valence-corrected chi connectivity index (χ2v) is 26.0. The smallest absolute Gasteiger partial charge is 0.549 e. The monoisotopic (exact) mass is 1630 g/mol. The largest absolute Gasteiger partial charge is 3.00 e. The summed E-state index contributed by atoms with van der Waals surface area (Å²) in [6.07, 6.45) is 1.94. The number of phenols is 1. The summed E-state index contributed by atoms with van der Waals surface area (Å²) in [5.74, 6) is -12.4. The number of carboxylic acids is 4. The molecule has 0 spiro atoms. The van der Waals surface area contributed by atoms with Crippen molar-refractivity contribution in [1.29, 1.82) is 0 Å². The number of hydrogen-bond acceptors (Lipinski definition) is 26. The van der Waals surface area contributed by atoms with Gasteiger partial charge in [0.05, 0.1) is 90.3 Å². The number of ether oxygens (including phenoxy) is 4. The molecule has 1 aliphatic heterocycles. The van der Waals surface area contributed by atoms with E-state index in [1.54, 1.807) is 81.7 Å². The quantitative estimate of drug-likeness (QED) is 0.0183. The summed E-state index contributed by atoms with van der Waals surface area (Å²) in [4.78, 5) is 178. The standard InChI is InChI=1S/C70H100N14O22S.In/c1-46(75-58(86)16-27-103-29-31-105-33-34-106-32-30-104-28-18-72-60(88)42-81-19-21-82(43-62(91)92)23-25-84(45-64(95)96)26-24-83(22-20-81)44-63(93)94)66(98)79-55(37-48-12-14-50(85)15-13-48)67(99)74-41-59(87)76-56(38-49-40-73-52-11-7-6-10-51(49)52)69(101)77-53(17-35-107-2)68(100)80-57(39-61(89)90)70(102)78-54(65(71)97)36-47-8-4-3-5-9-47;/h3-15,40,46,53-57,73,85H,16-39,41-45H2,1-2H3,(H2,71,97)(H,72,88)(H,74,99)(H,75,86)(H,76,87)(H,77,101)(H,78,102)(H,79,98)(H,80,100)(H,89,90)(H,91,92)(H,93,94)(H,95,96);/q;+3/p-3/t46-,53-,54-,55-,56-,57-;/m0./s1/i;1-4. The first kappa shape index (κ1) is 91.4. The van der Waals surface area contributed by atoms with Gasteiger partial charge in [-0.05, 0) is 60.2 Å². The molecule has 1 aliphatic rings. The van der Waals surface area contributed by atoms with Gasteiger partial charge in [0.2, 0.25) is 53.2 Å². The maximum atomic E-state index is 14.5. The van der Waals surface area contributed by atoms with Gasteiger partial charge < -0.3 is 112 Å². The second kappa shape index (κ2) is 50.6. The Morgan fingerprint density at radius 3 is 1.52 bits per heavy atom. The van der Waals surface area contributed by atoms with E-state index < -0.39 is 140 Å². The van der Waals surface area contributed by atoms with E-state index in [1.807, 2.05) is 0 Å². The number of H-pyrrole nitrogens is 1. The number of benzene rings is 3. The molecule has 9 amide bonds. The maximum Gasteiger partial charge on any atom is 3.00 e. The third-order valence-electron chi connectivity index (χ3n) is 16.7. The minimum Gasteiger partial charge on any atom is -0.549 e. The number of rotatable bonds is 48. The fourth-order valence-electron chi connectivity index (χ4n) is 11.0. The van der Waals surface area contributed by atoms with Gasteiger partial charge in [-0.3, -0.25) is 67.5 Å². The van der Waals surface area contributed by atoms with Gasteiger partial charge in [-0.15, -0.1) is 0 Å². The Morgan fingerprint density at radius 1 is 0.509 bits per heavy atom. The number of phenolic OH excluding ortho intramolecular Hbond substituents is 1. The van der Waals surface area contributed by atoms with Crippen molar-refractivity contribution in [3.05, 3.63) is 102 Å². The number of aliphatic carboxylic acids is 4. The van der Waals surface area contributed by atoms with Crippen molar-refractivity contribution in [2.75, 3.05) is 156 Å². The van der Waals surface area contributed by atoms with Crippen LogP contribution in [-0.4, -0.2) is 330 Å². The molecule has 0 saturated carbocycles. The Morgan fingerprint density at radius 2 is 0.972 bits per heavy atom. The first-order valence-electron chi connectivity index (χ1n) is 34.8. The molecule has 6 atom stereocenters. The van der Waals surface area contributed by atoms with Crippen molar-refractivity contribution in [2.45, 2.75) is 81.7 Å². The molecule has 0 unspecified atom stereocenters. The molecule has 0 aliphatic carbocycles. The average Bonchev–Trinajstić information content (AvgIpc) is 1.66. The number of fused-ring (bicyclic) bond motifs is 1. The van der Waals surface area contributed by atoms with Crippen molar-refractivity contribution in [1.82, 2.24) is 67.1 Å². The molecular weight excluding hydrogens is 1530 g/mol. The Bertz CT molecular complexity index is 3520. The van der Waals surface area contributed by atoms with Gasteiger partial charge in [0.1, 0.15) is 42.0 Å². The number of thioether (sulfide) groups is 1. The van der Waals surface area contributed by atoms with Gasteiger partial charge in [0.25, 0.3) is 0 Å². The number of carbonyl (C=O) groups excluding carboxylic acids is 12. The third-order valence-corrected chi connectivity index (χ3v) is 17.3. The first-order chi connectivity index (χ1) is 51.2.